The van der Waals surface area contributed by atoms with Crippen molar-refractivity contribution in [1.29, 1.82) is 0 Å². The largest absolute Gasteiger partial charge is 0.417 e. The monoisotopic (exact) mass is 687 g/mol. The average Bonchev–Trinajstić information content (AvgIpc) is 2.67. The number of amides is 1. The number of alkyl halides is 9. The van der Waals surface area contributed by atoms with E-state index in [9.17, 15) is 49.1 Å². The number of hydrogen-bond donors (Lipinski definition) is 1. The Kier molecular flexibility index (Phi) is 9.06. The van der Waals surface area contributed by atoms with Gasteiger partial charge in [0.25, 0.3) is 0 Å². The van der Waals surface area contributed by atoms with Crippen molar-refractivity contribution in [2.24, 2.45) is 0 Å². The number of halogens is 11. The first kappa shape index (κ1) is 29.1. The van der Waals surface area contributed by atoms with Gasteiger partial charge >= 0.3 is 18.5 Å². The fourth-order valence-corrected chi connectivity index (χ4v) is 3.92. The van der Waals surface area contributed by atoms with Gasteiger partial charge in [-0.05, 0) is 64.1 Å². The smallest absolute Gasteiger partial charge is 0.352 e. The summed E-state index contributed by atoms with van der Waals surface area (Å²) in [6, 6.07) is 5.14. The number of allylic oxidation sites excluding steroid dienone is 2. The number of carbonyl (C=O) groups excluding carboxylic acids is 2. The van der Waals surface area contributed by atoms with Crippen molar-refractivity contribution in [1.82, 2.24) is 5.32 Å². The summed E-state index contributed by atoms with van der Waals surface area (Å²) in [7, 11) is 0. The van der Waals surface area contributed by atoms with E-state index in [0.29, 0.717) is 6.07 Å². The number of rotatable bonds is 6. The van der Waals surface area contributed by atoms with Gasteiger partial charge in [0.05, 0.1) is 11.1 Å². The lowest BCUT2D eigenvalue weighted by Crippen LogP contribution is -2.28. The van der Waals surface area contributed by atoms with Crippen molar-refractivity contribution in [3.63, 3.8) is 0 Å². The summed E-state index contributed by atoms with van der Waals surface area (Å²) in [5.74, 6) is -2.49. The maximum absolute atomic E-state index is 13.6. The molecular weight excluding hydrogens is 676 g/mol. The summed E-state index contributed by atoms with van der Waals surface area (Å²) in [6.07, 6.45) is -16.3. The molecule has 2 aromatic rings. The second kappa shape index (κ2) is 10.9. The first-order chi connectivity index (χ1) is 15.9. The van der Waals surface area contributed by atoms with E-state index >= 15 is 0 Å². The highest BCUT2D eigenvalue weighted by Crippen LogP contribution is 2.38. The number of carbonyl (C=O) groups is 2. The Balaban J connectivity index is 2.35. The van der Waals surface area contributed by atoms with Gasteiger partial charge in [0.2, 0.25) is 5.91 Å². The Morgan fingerprint density at radius 2 is 1.54 bits per heavy atom. The van der Waals surface area contributed by atoms with E-state index in [0.717, 1.165) is 18.2 Å². The minimum atomic E-state index is -5.16. The molecular formula is C21H12BrF9INO2. The summed E-state index contributed by atoms with van der Waals surface area (Å²) in [6.45, 7) is -0.365. The molecule has 3 nitrogen and oxygen atoms in total. The summed E-state index contributed by atoms with van der Waals surface area (Å²) >= 11 is 4.45. The van der Waals surface area contributed by atoms with E-state index in [1.54, 1.807) is 0 Å². The van der Waals surface area contributed by atoms with Crippen molar-refractivity contribution in [3.8, 4) is 0 Å². The summed E-state index contributed by atoms with van der Waals surface area (Å²) in [5, 5.41) is 2.01. The Hall–Kier alpha value is -2.10. The minimum absolute atomic E-state index is 0.103. The van der Waals surface area contributed by atoms with Crippen LogP contribution < -0.4 is 5.32 Å². The predicted molar refractivity (Wildman–Crippen MR) is 119 cm³/mol. The van der Waals surface area contributed by atoms with Crippen molar-refractivity contribution in [2.45, 2.75) is 31.5 Å². The lowest BCUT2D eigenvalue weighted by atomic mass is 9.99. The normalized spacial score (nSPS) is 13.1. The van der Waals surface area contributed by atoms with Crippen molar-refractivity contribution >= 4 is 55.8 Å². The van der Waals surface area contributed by atoms with Crippen molar-refractivity contribution in [2.75, 3.05) is 0 Å². The molecule has 14 heteroatoms. The topological polar surface area (TPSA) is 46.2 Å². The van der Waals surface area contributed by atoms with Crippen LogP contribution in [0.25, 0.3) is 5.57 Å². The zero-order valence-corrected chi connectivity index (χ0v) is 20.7. The molecule has 35 heavy (non-hydrogen) atoms. The molecule has 0 heterocycles. The van der Waals surface area contributed by atoms with E-state index < -0.39 is 53.3 Å². The Morgan fingerprint density at radius 3 is 2.06 bits per heavy atom. The third kappa shape index (κ3) is 8.81. The number of nitrogens with one attached hydrogen (secondary N) is 1. The second-order valence-electron chi connectivity index (χ2n) is 7.02. The van der Waals surface area contributed by atoms with Crippen LogP contribution in [0.1, 0.15) is 33.5 Å². The first-order valence-electron chi connectivity index (χ1n) is 9.20. The molecule has 0 spiro atoms. The van der Waals surface area contributed by atoms with Gasteiger partial charge in [-0.2, -0.15) is 39.5 Å². The quantitative estimate of drug-likeness (QED) is 0.148. The number of benzene rings is 2. The Morgan fingerprint density at radius 1 is 0.914 bits per heavy atom. The molecule has 2 aromatic carbocycles. The molecule has 0 fully saturated rings. The van der Waals surface area contributed by atoms with Crippen molar-refractivity contribution < 1.29 is 49.1 Å². The van der Waals surface area contributed by atoms with Gasteiger partial charge in [0, 0.05) is 20.2 Å². The fraction of sp³-hybridized carbons (Fsp3) is 0.238. The maximum Gasteiger partial charge on any atom is 0.417 e. The molecule has 0 aliphatic rings. The van der Waals surface area contributed by atoms with Crippen LogP contribution in [-0.2, 0) is 17.5 Å². The molecule has 1 amide bonds. The molecule has 1 N–H and O–H groups in total. The van der Waals surface area contributed by atoms with Crippen LogP contribution in [0.3, 0.4) is 0 Å². The predicted octanol–water partition coefficient (Wildman–Crippen LogP) is 7.47. The molecule has 0 aromatic heterocycles. The van der Waals surface area contributed by atoms with Gasteiger partial charge in [-0.3, -0.25) is 9.59 Å². The SMILES string of the molecule is O=C(CC(F)(F)F)NCc1ccc(C(=O)C=C(c2cc(I)cc(C(F)(F)F)c2)C(F)(F)F)cc1Br. The number of hydrogen-bond acceptors (Lipinski definition) is 2. The molecule has 2 rings (SSSR count). The molecule has 0 saturated carbocycles. The van der Waals surface area contributed by atoms with Gasteiger partial charge in [-0.15, -0.1) is 0 Å². The summed E-state index contributed by atoms with van der Waals surface area (Å²) in [4.78, 5) is 23.8. The van der Waals surface area contributed by atoms with E-state index in [-0.39, 0.29) is 37.9 Å². The minimum Gasteiger partial charge on any atom is -0.352 e. The van der Waals surface area contributed by atoms with Crippen molar-refractivity contribution in [3.05, 3.63) is 72.8 Å². The first-order valence-corrected chi connectivity index (χ1v) is 11.1. The van der Waals surface area contributed by atoms with E-state index in [1.165, 1.54) is 28.7 Å². The van der Waals surface area contributed by atoms with Gasteiger partial charge in [0.15, 0.2) is 5.78 Å². The molecule has 0 saturated heterocycles. The van der Waals surface area contributed by atoms with Crippen LogP contribution in [0.4, 0.5) is 39.5 Å². The standard InChI is InChI=1S/C21H12BrF9INO2/c22-16-5-10(1-2-11(16)9-33-18(35)8-19(23,24)25)17(34)7-15(21(29,30)31)12-3-13(20(26,27)28)6-14(32)4-12/h1-7H,8-9H2,(H,33,35). The van der Waals surface area contributed by atoms with Crippen LogP contribution in [0.2, 0.25) is 0 Å². The average molecular weight is 688 g/mol. The fourth-order valence-electron chi connectivity index (χ4n) is 2.73. The van der Waals surface area contributed by atoms with E-state index in [4.69, 9.17) is 0 Å². The van der Waals surface area contributed by atoms with Crippen LogP contribution in [0.15, 0.2) is 46.9 Å². The lowest BCUT2D eigenvalue weighted by molar-refractivity contribution is -0.153. The zero-order chi connectivity index (χ0) is 26.8. The second-order valence-corrected chi connectivity index (χ2v) is 9.12. The Bertz CT molecular complexity index is 1150. The maximum atomic E-state index is 13.6. The molecule has 190 valence electrons. The highest BCUT2D eigenvalue weighted by atomic mass is 127. The zero-order valence-electron chi connectivity index (χ0n) is 16.9. The molecule has 0 atom stereocenters. The Labute approximate surface area is 214 Å². The lowest BCUT2D eigenvalue weighted by Gasteiger charge is -2.15. The van der Waals surface area contributed by atoms with Gasteiger partial charge in [-0.1, -0.05) is 28.1 Å². The van der Waals surface area contributed by atoms with Gasteiger partial charge in [0.1, 0.15) is 6.42 Å². The highest BCUT2D eigenvalue weighted by molar-refractivity contribution is 14.1. The molecule has 0 unspecified atom stereocenters. The highest BCUT2D eigenvalue weighted by Gasteiger charge is 2.38. The van der Waals surface area contributed by atoms with Gasteiger partial charge in [-0.25, -0.2) is 0 Å². The van der Waals surface area contributed by atoms with Crippen LogP contribution in [0, 0.1) is 3.57 Å². The van der Waals surface area contributed by atoms with Gasteiger partial charge < -0.3 is 5.32 Å². The van der Waals surface area contributed by atoms with E-state index in [1.807, 2.05) is 5.32 Å². The molecule has 0 aliphatic heterocycles. The third-order valence-electron chi connectivity index (χ3n) is 4.29. The molecule has 0 aliphatic carbocycles. The van der Waals surface area contributed by atoms with Crippen LogP contribution in [0.5, 0.6) is 0 Å². The summed E-state index contributed by atoms with van der Waals surface area (Å²) in [5.41, 5.74) is -3.82. The van der Waals surface area contributed by atoms with Crippen LogP contribution >= 0.6 is 38.5 Å². The number of ketones is 1. The van der Waals surface area contributed by atoms with Crippen LogP contribution in [-0.4, -0.2) is 24.0 Å². The third-order valence-corrected chi connectivity index (χ3v) is 5.65. The summed E-state index contributed by atoms with van der Waals surface area (Å²) < 4.78 is 117. The molecule has 0 bridgehead atoms. The van der Waals surface area contributed by atoms with E-state index in [2.05, 4.69) is 15.9 Å². The molecule has 0 radical (unpaired) electrons.